The van der Waals surface area contributed by atoms with Gasteiger partial charge in [-0.1, -0.05) is 12.1 Å². The summed E-state index contributed by atoms with van der Waals surface area (Å²) in [4.78, 5) is 48.2. The van der Waals surface area contributed by atoms with Crippen LogP contribution in [0.2, 0.25) is 0 Å². The maximum Gasteiger partial charge on any atom is 0.251 e. The Morgan fingerprint density at radius 3 is 2.25 bits per heavy atom. The summed E-state index contributed by atoms with van der Waals surface area (Å²) in [5.74, 6) is -0.933. The second-order valence-corrected chi connectivity index (χ2v) is 5.66. The fourth-order valence-electron chi connectivity index (χ4n) is 2.42. The van der Waals surface area contributed by atoms with E-state index in [1.54, 1.807) is 38.1 Å². The molecule has 1 atom stereocenters. The molecular weight excluding hydrogens is 310 g/mol. The third-order valence-corrected chi connectivity index (χ3v) is 3.80. The molecule has 1 saturated heterocycles. The van der Waals surface area contributed by atoms with Crippen LogP contribution in [-0.2, 0) is 20.9 Å². The summed E-state index contributed by atoms with van der Waals surface area (Å²) in [6, 6.07) is 5.99. The lowest BCUT2D eigenvalue weighted by Crippen LogP contribution is -2.44. The van der Waals surface area contributed by atoms with Gasteiger partial charge in [0.1, 0.15) is 6.04 Å². The Hall–Kier alpha value is -2.70. The SMILES string of the molecule is CCNC(=O)[C@@H](C)NC(=O)c1ccc(CN2C(=O)CCC2=O)cc1. The van der Waals surface area contributed by atoms with Gasteiger partial charge in [0.15, 0.2) is 0 Å². The van der Waals surface area contributed by atoms with Gasteiger partial charge in [-0.3, -0.25) is 24.1 Å². The zero-order chi connectivity index (χ0) is 17.7. The van der Waals surface area contributed by atoms with Crippen LogP contribution in [0.25, 0.3) is 0 Å². The smallest absolute Gasteiger partial charge is 0.251 e. The first-order valence-electron chi connectivity index (χ1n) is 7.93. The number of nitrogens with zero attached hydrogens (tertiary/aromatic N) is 1. The van der Waals surface area contributed by atoms with Crippen molar-refractivity contribution in [3.63, 3.8) is 0 Å². The molecule has 1 aliphatic rings. The van der Waals surface area contributed by atoms with Crippen molar-refractivity contribution < 1.29 is 19.2 Å². The van der Waals surface area contributed by atoms with Crippen LogP contribution < -0.4 is 10.6 Å². The molecule has 4 amide bonds. The minimum Gasteiger partial charge on any atom is -0.355 e. The number of hydrogen-bond acceptors (Lipinski definition) is 4. The van der Waals surface area contributed by atoms with Crippen molar-refractivity contribution in [3.05, 3.63) is 35.4 Å². The van der Waals surface area contributed by atoms with Crippen molar-refractivity contribution in [3.8, 4) is 0 Å². The monoisotopic (exact) mass is 331 g/mol. The second-order valence-electron chi connectivity index (χ2n) is 5.66. The normalized spacial score (nSPS) is 15.3. The first-order chi connectivity index (χ1) is 11.4. The number of rotatable bonds is 6. The molecular formula is C17H21N3O4. The number of hydrogen-bond donors (Lipinski definition) is 2. The van der Waals surface area contributed by atoms with Gasteiger partial charge >= 0.3 is 0 Å². The summed E-state index contributed by atoms with van der Waals surface area (Å²) in [6.07, 6.45) is 0.522. The van der Waals surface area contributed by atoms with Crippen LogP contribution >= 0.6 is 0 Å². The maximum absolute atomic E-state index is 12.1. The van der Waals surface area contributed by atoms with Crippen molar-refractivity contribution in [2.45, 2.75) is 39.3 Å². The molecule has 2 rings (SSSR count). The Morgan fingerprint density at radius 1 is 1.12 bits per heavy atom. The van der Waals surface area contributed by atoms with Gasteiger partial charge in [-0.2, -0.15) is 0 Å². The van der Waals surface area contributed by atoms with E-state index in [9.17, 15) is 19.2 Å². The second kappa shape index (κ2) is 7.72. The van der Waals surface area contributed by atoms with Crippen molar-refractivity contribution in [1.29, 1.82) is 0 Å². The molecule has 0 aliphatic carbocycles. The lowest BCUT2D eigenvalue weighted by molar-refractivity contribution is -0.139. The molecule has 1 aromatic rings. The van der Waals surface area contributed by atoms with E-state index in [0.717, 1.165) is 5.56 Å². The quantitative estimate of drug-likeness (QED) is 0.746. The summed E-state index contributed by atoms with van der Waals surface area (Å²) >= 11 is 0. The Morgan fingerprint density at radius 2 is 1.71 bits per heavy atom. The van der Waals surface area contributed by atoms with Crippen LogP contribution in [0, 0.1) is 0 Å². The summed E-state index contributed by atoms with van der Waals surface area (Å²) in [6.45, 7) is 4.14. The standard InChI is InChI=1S/C17H21N3O4/c1-3-18-16(23)11(2)19-17(24)13-6-4-12(5-7-13)10-20-14(21)8-9-15(20)22/h4-7,11H,3,8-10H2,1-2H3,(H,18,23)(H,19,24)/t11-/m1/s1. The third kappa shape index (κ3) is 4.18. The number of carbonyl (C=O) groups is 4. The van der Waals surface area contributed by atoms with E-state index in [1.807, 2.05) is 0 Å². The Bertz CT molecular complexity index is 638. The number of amides is 4. The predicted octanol–water partition coefficient (Wildman–Crippen LogP) is 0.590. The van der Waals surface area contributed by atoms with Crippen LogP contribution in [0.5, 0.6) is 0 Å². The zero-order valence-corrected chi connectivity index (χ0v) is 13.8. The number of carbonyl (C=O) groups excluding carboxylic acids is 4. The summed E-state index contributed by atoms with van der Waals surface area (Å²) < 4.78 is 0. The van der Waals surface area contributed by atoms with Gasteiger partial charge in [-0.15, -0.1) is 0 Å². The van der Waals surface area contributed by atoms with E-state index in [0.29, 0.717) is 12.1 Å². The first kappa shape index (κ1) is 17.7. The summed E-state index contributed by atoms with van der Waals surface area (Å²) in [5, 5.41) is 5.25. The van der Waals surface area contributed by atoms with Crippen molar-refractivity contribution >= 4 is 23.6 Å². The van der Waals surface area contributed by atoms with E-state index in [1.165, 1.54) is 4.90 Å². The van der Waals surface area contributed by atoms with Gasteiger partial charge in [0.05, 0.1) is 6.54 Å². The van der Waals surface area contributed by atoms with Crippen molar-refractivity contribution in [2.24, 2.45) is 0 Å². The number of likely N-dealkylation sites (N-methyl/N-ethyl adjacent to an activating group) is 1. The molecule has 0 unspecified atom stereocenters. The van der Waals surface area contributed by atoms with Crippen LogP contribution in [0.3, 0.4) is 0 Å². The molecule has 1 heterocycles. The van der Waals surface area contributed by atoms with Gasteiger partial charge in [0.25, 0.3) is 5.91 Å². The molecule has 128 valence electrons. The predicted molar refractivity (Wildman–Crippen MR) is 86.8 cm³/mol. The molecule has 2 N–H and O–H groups in total. The van der Waals surface area contributed by atoms with E-state index in [2.05, 4.69) is 10.6 Å². The molecule has 0 radical (unpaired) electrons. The topological polar surface area (TPSA) is 95.6 Å². The highest BCUT2D eigenvalue weighted by molar-refractivity contribution is 6.02. The van der Waals surface area contributed by atoms with Gasteiger partial charge in [-0.05, 0) is 31.5 Å². The zero-order valence-electron chi connectivity index (χ0n) is 13.8. The van der Waals surface area contributed by atoms with Gasteiger partial charge in [0, 0.05) is 24.9 Å². The van der Waals surface area contributed by atoms with Crippen molar-refractivity contribution in [2.75, 3.05) is 6.54 Å². The Balaban J connectivity index is 1.96. The molecule has 7 heteroatoms. The minimum atomic E-state index is -0.628. The fourth-order valence-corrected chi connectivity index (χ4v) is 2.42. The fraction of sp³-hybridized carbons (Fsp3) is 0.412. The highest BCUT2D eigenvalue weighted by Crippen LogP contribution is 2.16. The van der Waals surface area contributed by atoms with E-state index >= 15 is 0 Å². The van der Waals surface area contributed by atoms with Crippen LogP contribution in [0.15, 0.2) is 24.3 Å². The summed E-state index contributed by atoms with van der Waals surface area (Å²) in [5.41, 5.74) is 1.18. The Labute approximate surface area is 140 Å². The van der Waals surface area contributed by atoms with Crippen LogP contribution in [-0.4, -0.2) is 41.1 Å². The minimum absolute atomic E-state index is 0.169. The van der Waals surface area contributed by atoms with Crippen LogP contribution in [0.4, 0.5) is 0 Å². The van der Waals surface area contributed by atoms with Crippen LogP contribution in [0.1, 0.15) is 42.6 Å². The number of nitrogens with one attached hydrogen (secondary N) is 2. The first-order valence-corrected chi connectivity index (χ1v) is 7.93. The molecule has 0 aromatic heterocycles. The molecule has 0 saturated carbocycles. The highest BCUT2D eigenvalue weighted by Gasteiger charge is 2.28. The van der Waals surface area contributed by atoms with E-state index < -0.39 is 6.04 Å². The van der Waals surface area contributed by atoms with E-state index in [-0.39, 0.29) is 43.0 Å². The largest absolute Gasteiger partial charge is 0.355 e. The lowest BCUT2D eigenvalue weighted by atomic mass is 10.1. The van der Waals surface area contributed by atoms with Gasteiger partial charge in [-0.25, -0.2) is 0 Å². The molecule has 7 nitrogen and oxygen atoms in total. The maximum atomic E-state index is 12.1. The lowest BCUT2D eigenvalue weighted by Gasteiger charge is -2.15. The van der Waals surface area contributed by atoms with Crippen molar-refractivity contribution in [1.82, 2.24) is 15.5 Å². The Kier molecular flexibility index (Phi) is 5.68. The number of likely N-dealkylation sites (tertiary alicyclic amines) is 1. The molecule has 0 bridgehead atoms. The molecule has 1 aromatic carbocycles. The average Bonchev–Trinajstić information content (AvgIpc) is 2.87. The number of imide groups is 1. The van der Waals surface area contributed by atoms with Gasteiger partial charge in [0.2, 0.25) is 17.7 Å². The number of benzene rings is 1. The third-order valence-electron chi connectivity index (χ3n) is 3.80. The molecule has 1 aliphatic heterocycles. The average molecular weight is 331 g/mol. The molecule has 1 fully saturated rings. The summed E-state index contributed by atoms with van der Waals surface area (Å²) in [7, 11) is 0. The highest BCUT2D eigenvalue weighted by atomic mass is 16.2. The van der Waals surface area contributed by atoms with Gasteiger partial charge < -0.3 is 10.6 Å². The van der Waals surface area contributed by atoms with E-state index in [4.69, 9.17) is 0 Å². The molecule has 0 spiro atoms. The molecule has 24 heavy (non-hydrogen) atoms.